The molecular formula is C21H15F3N4O3. The van der Waals surface area contributed by atoms with E-state index >= 15 is 0 Å². The lowest BCUT2D eigenvalue weighted by Gasteiger charge is -2.21. The van der Waals surface area contributed by atoms with Gasteiger partial charge in [0.25, 0.3) is 5.91 Å². The zero-order chi connectivity index (χ0) is 22.2. The molecule has 1 aromatic heterocycles. The van der Waals surface area contributed by atoms with Crippen LogP contribution in [0.5, 0.6) is 5.88 Å². The zero-order valence-electron chi connectivity index (χ0n) is 15.9. The molecule has 7 nitrogen and oxygen atoms in total. The minimum atomic E-state index is -4.53. The largest absolute Gasteiger partial charge is 0.475 e. The van der Waals surface area contributed by atoms with Crippen molar-refractivity contribution in [2.24, 2.45) is 5.73 Å². The standard InChI is InChI=1S/C21H15F3N4O3/c22-21(23,24)14-5-2-6-15(10-14)28-7-8-31-19-16(20(28)30)11-26-18(27-19)13-4-1-3-12(9-13)17(25)29/h1-6,9-11H,7-8H2,(H2,25,29). The molecule has 2 amide bonds. The van der Waals surface area contributed by atoms with Gasteiger partial charge in [0.05, 0.1) is 12.1 Å². The first kappa shape index (κ1) is 20.3. The Morgan fingerprint density at radius 2 is 1.90 bits per heavy atom. The molecule has 0 saturated heterocycles. The first-order chi connectivity index (χ1) is 14.7. The van der Waals surface area contributed by atoms with Crippen molar-refractivity contribution in [2.45, 2.75) is 6.18 Å². The smallest absolute Gasteiger partial charge is 0.416 e. The van der Waals surface area contributed by atoms with Crippen molar-refractivity contribution in [2.75, 3.05) is 18.1 Å². The highest BCUT2D eigenvalue weighted by atomic mass is 19.4. The summed E-state index contributed by atoms with van der Waals surface area (Å²) in [6.45, 7) is 0.0514. The summed E-state index contributed by atoms with van der Waals surface area (Å²) in [4.78, 5) is 34.0. The number of nitrogens with zero attached hydrogens (tertiary/aromatic N) is 3. The number of carbonyl (C=O) groups is 2. The van der Waals surface area contributed by atoms with Gasteiger partial charge in [0.15, 0.2) is 5.82 Å². The molecule has 2 N–H and O–H groups in total. The van der Waals surface area contributed by atoms with E-state index in [1.54, 1.807) is 18.2 Å². The van der Waals surface area contributed by atoms with Gasteiger partial charge in [0, 0.05) is 23.0 Å². The molecule has 1 aliphatic rings. The summed E-state index contributed by atoms with van der Waals surface area (Å²) in [5.74, 6) is -0.972. The van der Waals surface area contributed by atoms with Gasteiger partial charge >= 0.3 is 6.18 Å². The Morgan fingerprint density at radius 1 is 1.13 bits per heavy atom. The average molecular weight is 428 g/mol. The van der Waals surface area contributed by atoms with Crippen molar-refractivity contribution in [1.82, 2.24) is 9.97 Å². The number of fused-ring (bicyclic) bond motifs is 1. The Labute approximate surface area is 174 Å². The Hall–Kier alpha value is -3.95. The van der Waals surface area contributed by atoms with Gasteiger partial charge < -0.3 is 15.4 Å². The van der Waals surface area contributed by atoms with E-state index in [-0.39, 0.29) is 41.7 Å². The lowest BCUT2D eigenvalue weighted by Crippen LogP contribution is -2.32. The van der Waals surface area contributed by atoms with Crippen molar-refractivity contribution in [1.29, 1.82) is 0 Å². The van der Waals surface area contributed by atoms with Crippen molar-refractivity contribution in [3.63, 3.8) is 0 Å². The van der Waals surface area contributed by atoms with Gasteiger partial charge in [-0.25, -0.2) is 4.98 Å². The highest BCUT2D eigenvalue weighted by Gasteiger charge is 2.32. The van der Waals surface area contributed by atoms with Gasteiger partial charge in [-0.3, -0.25) is 9.59 Å². The summed E-state index contributed by atoms with van der Waals surface area (Å²) >= 11 is 0. The van der Waals surface area contributed by atoms with Gasteiger partial charge in [-0.2, -0.15) is 18.2 Å². The SMILES string of the molecule is NC(=O)c1cccc(-c2ncc3c(n2)OCCN(c2cccc(C(F)(F)F)c2)C3=O)c1. The molecule has 0 fully saturated rings. The van der Waals surface area contributed by atoms with Crippen LogP contribution in [-0.2, 0) is 6.18 Å². The lowest BCUT2D eigenvalue weighted by molar-refractivity contribution is -0.137. The fourth-order valence-electron chi connectivity index (χ4n) is 3.15. The quantitative estimate of drug-likeness (QED) is 0.690. The summed E-state index contributed by atoms with van der Waals surface area (Å²) in [5.41, 5.74) is 5.31. The topological polar surface area (TPSA) is 98.4 Å². The monoisotopic (exact) mass is 428 g/mol. The fraction of sp³-hybridized carbons (Fsp3) is 0.143. The fourth-order valence-corrected chi connectivity index (χ4v) is 3.15. The zero-order valence-corrected chi connectivity index (χ0v) is 15.9. The number of ether oxygens (including phenoxy) is 1. The average Bonchev–Trinajstić information content (AvgIpc) is 2.91. The van der Waals surface area contributed by atoms with Gasteiger partial charge in [0.2, 0.25) is 11.8 Å². The third kappa shape index (κ3) is 4.04. The molecule has 158 valence electrons. The molecule has 1 aliphatic heterocycles. The second kappa shape index (κ2) is 7.71. The van der Waals surface area contributed by atoms with Gasteiger partial charge in [0.1, 0.15) is 12.2 Å². The lowest BCUT2D eigenvalue weighted by atomic mass is 10.1. The third-order valence-corrected chi connectivity index (χ3v) is 4.67. The number of benzene rings is 2. The first-order valence-corrected chi connectivity index (χ1v) is 9.13. The number of rotatable bonds is 3. The maximum atomic E-state index is 13.1. The number of anilines is 1. The molecule has 10 heteroatoms. The number of alkyl halides is 3. The van der Waals surface area contributed by atoms with E-state index < -0.39 is 23.6 Å². The third-order valence-electron chi connectivity index (χ3n) is 4.67. The van der Waals surface area contributed by atoms with Crippen LogP contribution in [0, 0.1) is 0 Å². The van der Waals surface area contributed by atoms with E-state index in [1.165, 1.54) is 29.3 Å². The minimum Gasteiger partial charge on any atom is -0.475 e. The highest BCUT2D eigenvalue weighted by Crippen LogP contribution is 2.33. The van der Waals surface area contributed by atoms with Crippen LogP contribution in [0.4, 0.5) is 18.9 Å². The second-order valence-electron chi connectivity index (χ2n) is 6.71. The van der Waals surface area contributed by atoms with Crippen molar-refractivity contribution in [3.8, 4) is 17.3 Å². The molecule has 0 saturated carbocycles. The molecule has 0 unspecified atom stereocenters. The maximum Gasteiger partial charge on any atom is 0.416 e. The van der Waals surface area contributed by atoms with Crippen LogP contribution in [-0.4, -0.2) is 34.9 Å². The Bertz CT molecular complexity index is 1180. The van der Waals surface area contributed by atoms with E-state index in [9.17, 15) is 22.8 Å². The Balaban J connectivity index is 1.69. The normalized spacial score (nSPS) is 13.9. The van der Waals surface area contributed by atoms with Crippen LogP contribution in [0.1, 0.15) is 26.3 Å². The predicted octanol–water partition coefficient (Wildman–Crippen LogP) is 3.30. The number of nitrogens with two attached hydrogens (primary N) is 1. The second-order valence-corrected chi connectivity index (χ2v) is 6.71. The van der Waals surface area contributed by atoms with Crippen LogP contribution in [0.25, 0.3) is 11.4 Å². The van der Waals surface area contributed by atoms with E-state index in [4.69, 9.17) is 10.5 Å². The summed E-state index contributed by atoms with van der Waals surface area (Å²) in [6.07, 6.45) is -3.28. The van der Waals surface area contributed by atoms with E-state index in [0.29, 0.717) is 5.56 Å². The molecule has 31 heavy (non-hydrogen) atoms. The molecule has 0 bridgehead atoms. The minimum absolute atomic E-state index is 0.00829. The highest BCUT2D eigenvalue weighted by molar-refractivity contribution is 6.07. The van der Waals surface area contributed by atoms with Crippen LogP contribution in [0.2, 0.25) is 0 Å². The first-order valence-electron chi connectivity index (χ1n) is 9.13. The van der Waals surface area contributed by atoms with Gasteiger partial charge in [-0.15, -0.1) is 0 Å². The predicted molar refractivity (Wildman–Crippen MR) is 105 cm³/mol. The molecule has 0 spiro atoms. The van der Waals surface area contributed by atoms with Crippen molar-refractivity contribution in [3.05, 3.63) is 71.4 Å². The molecule has 0 aliphatic carbocycles. The molecule has 0 radical (unpaired) electrons. The van der Waals surface area contributed by atoms with Crippen LogP contribution < -0.4 is 15.4 Å². The summed E-state index contributed by atoms with van der Waals surface area (Å²) in [6, 6.07) is 10.8. The molecule has 2 heterocycles. The number of hydrogen-bond donors (Lipinski definition) is 1. The Morgan fingerprint density at radius 3 is 2.65 bits per heavy atom. The van der Waals surface area contributed by atoms with E-state index in [2.05, 4.69) is 9.97 Å². The van der Waals surface area contributed by atoms with E-state index in [1.807, 2.05) is 0 Å². The summed E-state index contributed by atoms with van der Waals surface area (Å²) < 4.78 is 44.8. The number of primary amides is 1. The number of hydrogen-bond acceptors (Lipinski definition) is 5. The molecular weight excluding hydrogens is 413 g/mol. The number of aromatic nitrogens is 2. The number of amides is 2. The maximum absolute atomic E-state index is 13.1. The van der Waals surface area contributed by atoms with Gasteiger partial charge in [-0.1, -0.05) is 18.2 Å². The number of carbonyl (C=O) groups excluding carboxylic acids is 2. The van der Waals surface area contributed by atoms with Crippen molar-refractivity contribution < 1.29 is 27.5 Å². The molecule has 0 atom stereocenters. The summed E-state index contributed by atoms with van der Waals surface area (Å²) in [7, 11) is 0. The number of halogens is 3. The molecule has 2 aromatic carbocycles. The molecule has 4 rings (SSSR count). The van der Waals surface area contributed by atoms with Crippen LogP contribution >= 0.6 is 0 Å². The van der Waals surface area contributed by atoms with E-state index in [0.717, 1.165) is 12.1 Å². The van der Waals surface area contributed by atoms with Crippen molar-refractivity contribution >= 4 is 17.5 Å². The van der Waals surface area contributed by atoms with Crippen LogP contribution in [0.15, 0.2) is 54.7 Å². The summed E-state index contributed by atoms with van der Waals surface area (Å²) in [5, 5.41) is 0. The van der Waals surface area contributed by atoms with Gasteiger partial charge in [-0.05, 0) is 30.3 Å². The Kier molecular flexibility index (Phi) is 5.05. The molecule has 3 aromatic rings. The van der Waals surface area contributed by atoms with Crippen LogP contribution in [0.3, 0.4) is 0 Å².